The lowest BCUT2D eigenvalue weighted by molar-refractivity contribution is 0.0487. The maximum Gasteiger partial charge on any atom is 0.408 e. The second kappa shape index (κ2) is 9.85. The minimum absolute atomic E-state index is 0.319. The van der Waals surface area contributed by atoms with Crippen molar-refractivity contribution in [2.24, 2.45) is 5.92 Å². The van der Waals surface area contributed by atoms with Crippen LogP contribution in [0, 0.1) is 5.92 Å². The molecule has 0 saturated carbocycles. The molecule has 154 valence electrons. The zero-order valence-electron chi connectivity index (χ0n) is 16.6. The van der Waals surface area contributed by atoms with E-state index < -0.39 is 17.7 Å². The molecule has 2 aromatic rings. The Morgan fingerprint density at radius 1 is 1.25 bits per heavy atom. The molecule has 1 aromatic heterocycles. The zero-order valence-corrected chi connectivity index (χ0v) is 18.9. The van der Waals surface area contributed by atoms with Gasteiger partial charge in [0, 0.05) is 5.75 Å². The maximum atomic E-state index is 12.1. The summed E-state index contributed by atoms with van der Waals surface area (Å²) in [4.78, 5) is 12.1. The monoisotopic (exact) mass is 445 g/mol. The number of nitrogens with zero attached hydrogens (tertiary/aromatic N) is 2. The normalized spacial score (nSPS) is 12.9. The summed E-state index contributed by atoms with van der Waals surface area (Å²) in [6.45, 7) is 9.55. The van der Waals surface area contributed by atoms with E-state index in [1.807, 2.05) is 26.8 Å². The van der Waals surface area contributed by atoms with Crippen molar-refractivity contribution in [1.82, 2.24) is 15.5 Å². The van der Waals surface area contributed by atoms with Gasteiger partial charge in [-0.2, -0.15) is 0 Å². The van der Waals surface area contributed by atoms with Gasteiger partial charge in [-0.05, 0) is 50.8 Å². The topological polar surface area (TPSA) is 77.2 Å². The molecule has 0 saturated heterocycles. The molecule has 0 bridgehead atoms. The second-order valence-electron chi connectivity index (χ2n) is 7.77. The maximum absolute atomic E-state index is 12.1. The largest absolute Gasteiger partial charge is 0.444 e. The van der Waals surface area contributed by atoms with Gasteiger partial charge in [0.05, 0.1) is 10.0 Å². The van der Waals surface area contributed by atoms with Crippen LogP contribution < -0.4 is 5.32 Å². The van der Waals surface area contributed by atoms with Crippen LogP contribution in [0.25, 0.3) is 0 Å². The number of thioether (sulfide) groups is 1. The summed E-state index contributed by atoms with van der Waals surface area (Å²) in [5, 5.41) is 12.4. The number of alkyl carbamates (subject to hydrolysis) is 1. The minimum Gasteiger partial charge on any atom is -0.444 e. The number of hydrogen-bond acceptors (Lipinski definition) is 6. The van der Waals surface area contributed by atoms with Crippen molar-refractivity contribution in [3.8, 4) is 0 Å². The van der Waals surface area contributed by atoms with Gasteiger partial charge in [0.15, 0.2) is 0 Å². The number of nitrogens with one attached hydrogen (secondary N) is 1. The average Bonchev–Trinajstić information content (AvgIpc) is 3.02. The van der Waals surface area contributed by atoms with Gasteiger partial charge < -0.3 is 14.5 Å². The Morgan fingerprint density at radius 2 is 1.96 bits per heavy atom. The summed E-state index contributed by atoms with van der Waals surface area (Å²) in [6, 6.07) is 5.04. The Labute approximate surface area is 179 Å². The summed E-state index contributed by atoms with van der Waals surface area (Å²) >= 11 is 13.4. The Morgan fingerprint density at radius 3 is 2.57 bits per heavy atom. The number of hydrogen-bond donors (Lipinski definition) is 1. The van der Waals surface area contributed by atoms with Crippen LogP contribution in [0.5, 0.6) is 0 Å². The molecule has 1 atom stereocenters. The first-order valence-corrected chi connectivity index (χ1v) is 10.7. The second-order valence-corrected chi connectivity index (χ2v) is 9.51. The summed E-state index contributed by atoms with van der Waals surface area (Å²) < 4.78 is 11.1. The van der Waals surface area contributed by atoms with E-state index in [4.69, 9.17) is 32.4 Å². The molecular weight excluding hydrogens is 421 g/mol. The molecule has 2 rings (SSSR count). The highest BCUT2D eigenvalue weighted by Gasteiger charge is 2.25. The minimum atomic E-state index is -0.581. The lowest BCUT2D eigenvalue weighted by Gasteiger charge is -2.22. The van der Waals surface area contributed by atoms with Gasteiger partial charge in [0.2, 0.25) is 5.89 Å². The summed E-state index contributed by atoms with van der Waals surface area (Å²) in [7, 11) is 0. The fourth-order valence-corrected chi connectivity index (χ4v) is 3.37. The van der Waals surface area contributed by atoms with Crippen LogP contribution in [-0.2, 0) is 10.5 Å². The van der Waals surface area contributed by atoms with E-state index in [9.17, 15) is 4.79 Å². The molecule has 0 radical (unpaired) electrons. The Kier molecular flexibility index (Phi) is 8.04. The standard InChI is InChI=1S/C19H25Cl2N3O3S/c1-11(2)8-15(22-17(25)27-19(3,4)5)16-23-24-18(26-16)28-10-12-6-7-13(20)14(21)9-12/h6-7,9,11,15H,8,10H2,1-5H3,(H,22,25)/t15-/m0/s1. The predicted octanol–water partition coefficient (Wildman–Crippen LogP) is 6.28. The van der Waals surface area contributed by atoms with Crippen molar-refractivity contribution in [1.29, 1.82) is 0 Å². The van der Waals surface area contributed by atoms with Crippen LogP contribution >= 0.6 is 35.0 Å². The van der Waals surface area contributed by atoms with Crippen molar-refractivity contribution >= 4 is 41.1 Å². The number of ether oxygens (including phenoxy) is 1. The fourth-order valence-electron chi connectivity index (χ4n) is 2.34. The highest BCUT2D eigenvalue weighted by molar-refractivity contribution is 7.98. The molecular formula is C19H25Cl2N3O3S. The molecule has 0 aliphatic heterocycles. The predicted molar refractivity (Wildman–Crippen MR) is 112 cm³/mol. The zero-order chi connectivity index (χ0) is 20.9. The van der Waals surface area contributed by atoms with Crippen LogP contribution in [0.3, 0.4) is 0 Å². The van der Waals surface area contributed by atoms with Gasteiger partial charge in [-0.25, -0.2) is 4.79 Å². The molecule has 6 nitrogen and oxygen atoms in total. The number of aromatic nitrogens is 2. The van der Waals surface area contributed by atoms with Crippen molar-refractivity contribution in [2.45, 2.75) is 63.7 Å². The van der Waals surface area contributed by atoms with Crippen LogP contribution in [0.1, 0.15) is 58.5 Å². The molecule has 28 heavy (non-hydrogen) atoms. The molecule has 0 aliphatic rings. The summed E-state index contributed by atoms with van der Waals surface area (Å²) in [5.74, 6) is 1.28. The van der Waals surface area contributed by atoms with E-state index in [1.165, 1.54) is 11.8 Å². The molecule has 9 heteroatoms. The van der Waals surface area contributed by atoms with Crippen molar-refractivity contribution < 1.29 is 13.9 Å². The van der Waals surface area contributed by atoms with Crippen molar-refractivity contribution in [3.63, 3.8) is 0 Å². The van der Waals surface area contributed by atoms with Gasteiger partial charge in [0.1, 0.15) is 11.6 Å². The van der Waals surface area contributed by atoms with E-state index in [0.29, 0.717) is 39.3 Å². The van der Waals surface area contributed by atoms with Crippen molar-refractivity contribution in [2.75, 3.05) is 0 Å². The third-order valence-corrected chi connectivity index (χ3v) is 5.09. The van der Waals surface area contributed by atoms with Crippen LogP contribution in [0.15, 0.2) is 27.8 Å². The van der Waals surface area contributed by atoms with E-state index >= 15 is 0 Å². The molecule has 1 heterocycles. The molecule has 0 aliphatic carbocycles. The highest BCUT2D eigenvalue weighted by atomic mass is 35.5. The van der Waals surface area contributed by atoms with Gasteiger partial charge in [-0.3, -0.25) is 0 Å². The first-order chi connectivity index (χ1) is 13.0. The van der Waals surface area contributed by atoms with Crippen LogP contribution in [-0.4, -0.2) is 21.9 Å². The van der Waals surface area contributed by atoms with E-state index in [2.05, 4.69) is 29.4 Å². The fraction of sp³-hybridized carbons (Fsp3) is 0.526. The molecule has 1 N–H and O–H groups in total. The first kappa shape index (κ1) is 22.8. The van der Waals surface area contributed by atoms with E-state index in [-0.39, 0.29) is 0 Å². The molecule has 0 unspecified atom stereocenters. The van der Waals surface area contributed by atoms with E-state index in [1.54, 1.807) is 12.1 Å². The Balaban J connectivity index is 2.03. The molecule has 1 aromatic carbocycles. The van der Waals surface area contributed by atoms with E-state index in [0.717, 1.165) is 5.56 Å². The van der Waals surface area contributed by atoms with Gasteiger partial charge in [-0.1, -0.05) is 54.9 Å². The number of amides is 1. The van der Waals surface area contributed by atoms with Crippen LogP contribution in [0.4, 0.5) is 4.79 Å². The Bertz CT molecular complexity index is 806. The quantitative estimate of drug-likeness (QED) is 0.505. The number of halogens is 2. The lowest BCUT2D eigenvalue weighted by Crippen LogP contribution is -2.35. The molecule has 0 spiro atoms. The molecule has 0 fully saturated rings. The third-order valence-electron chi connectivity index (χ3n) is 3.46. The smallest absolute Gasteiger partial charge is 0.408 e. The number of rotatable bonds is 7. The van der Waals surface area contributed by atoms with Gasteiger partial charge >= 0.3 is 6.09 Å². The highest BCUT2D eigenvalue weighted by Crippen LogP contribution is 2.29. The Hall–Kier alpha value is -1.44. The van der Waals surface area contributed by atoms with Crippen LogP contribution in [0.2, 0.25) is 10.0 Å². The number of carbonyl (C=O) groups is 1. The number of carbonyl (C=O) groups excluding carboxylic acids is 1. The van der Waals surface area contributed by atoms with Gasteiger partial charge in [0.25, 0.3) is 5.22 Å². The summed E-state index contributed by atoms with van der Waals surface area (Å²) in [6.07, 6.45) is 0.138. The van der Waals surface area contributed by atoms with Crippen molar-refractivity contribution in [3.05, 3.63) is 39.7 Å². The molecule has 1 amide bonds. The summed E-state index contributed by atoms with van der Waals surface area (Å²) in [5.41, 5.74) is 0.409. The van der Waals surface area contributed by atoms with Gasteiger partial charge in [-0.15, -0.1) is 10.2 Å². The lowest BCUT2D eigenvalue weighted by atomic mass is 10.0. The first-order valence-electron chi connectivity index (χ1n) is 8.93. The average molecular weight is 446 g/mol. The third kappa shape index (κ3) is 7.53. The SMILES string of the molecule is CC(C)C[C@H](NC(=O)OC(C)(C)C)c1nnc(SCc2ccc(Cl)c(Cl)c2)o1. The number of benzene rings is 1.